The van der Waals surface area contributed by atoms with Gasteiger partial charge in [0.25, 0.3) is 5.95 Å². The largest absolute Gasteiger partial charge is 0.573 e. The fourth-order valence-electron chi connectivity index (χ4n) is 0.730. The highest BCUT2D eigenvalue weighted by Gasteiger charge is 2.34. The Morgan fingerprint density at radius 2 is 2.07 bits per heavy atom. The van der Waals surface area contributed by atoms with Crippen LogP contribution in [-0.4, -0.2) is 11.3 Å². The van der Waals surface area contributed by atoms with Gasteiger partial charge < -0.3 is 4.74 Å². The molecule has 0 aliphatic heterocycles. The highest BCUT2D eigenvalue weighted by Crippen LogP contribution is 2.33. The van der Waals surface area contributed by atoms with E-state index in [1.165, 1.54) is 6.07 Å². The van der Waals surface area contributed by atoms with Crippen LogP contribution in [0.25, 0.3) is 0 Å². The highest BCUT2D eigenvalue weighted by atomic mass is 79.9. The predicted molar refractivity (Wildman–Crippen MR) is 43.3 cm³/mol. The average molecular weight is 285 g/mol. The molecule has 8 heteroatoms. The molecular formula is C7HBrF4N2O. The number of hydrogen-bond acceptors (Lipinski definition) is 3. The van der Waals surface area contributed by atoms with Crippen molar-refractivity contribution in [1.82, 2.24) is 4.98 Å². The van der Waals surface area contributed by atoms with Crippen LogP contribution in [0.15, 0.2) is 10.7 Å². The molecule has 0 unspecified atom stereocenters. The Kier molecular flexibility index (Phi) is 3.14. The first-order valence-corrected chi connectivity index (χ1v) is 4.14. The average Bonchev–Trinajstić information content (AvgIpc) is 2.11. The van der Waals surface area contributed by atoms with E-state index >= 15 is 0 Å². The molecule has 0 atom stereocenters. The molecule has 1 rings (SSSR count). The molecule has 0 N–H and O–H groups in total. The molecule has 0 fully saturated rings. The molecule has 1 aromatic heterocycles. The standard InChI is InChI=1S/C7HBrF4N2O/c8-4-3(1-13)2-14-6(9)5(4)15-7(10,11)12/h2H. The smallest absolute Gasteiger partial charge is 0.400 e. The summed E-state index contributed by atoms with van der Waals surface area (Å²) in [6, 6.07) is 1.53. The second-order valence-electron chi connectivity index (χ2n) is 2.27. The number of nitriles is 1. The maximum Gasteiger partial charge on any atom is 0.573 e. The Balaban J connectivity index is 3.23. The van der Waals surface area contributed by atoms with E-state index in [-0.39, 0.29) is 5.56 Å². The normalized spacial score (nSPS) is 10.9. The molecule has 0 spiro atoms. The van der Waals surface area contributed by atoms with Gasteiger partial charge in [0, 0.05) is 6.20 Å². The van der Waals surface area contributed by atoms with Crippen LogP contribution in [0.1, 0.15) is 5.56 Å². The summed E-state index contributed by atoms with van der Waals surface area (Å²) in [6.07, 6.45) is -4.25. The van der Waals surface area contributed by atoms with Crippen molar-refractivity contribution in [2.75, 3.05) is 0 Å². The van der Waals surface area contributed by atoms with E-state index in [2.05, 4.69) is 25.7 Å². The number of halogens is 5. The van der Waals surface area contributed by atoms with Crippen molar-refractivity contribution in [3.8, 4) is 11.8 Å². The lowest BCUT2D eigenvalue weighted by Crippen LogP contribution is -2.19. The molecule has 0 aliphatic rings. The summed E-state index contributed by atoms with van der Waals surface area (Å²) in [4.78, 5) is 2.95. The zero-order valence-electron chi connectivity index (χ0n) is 6.77. The third-order valence-electron chi connectivity index (χ3n) is 1.27. The zero-order valence-corrected chi connectivity index (χ0v) is 8.36. The van der Waals surface area contributed by atoms with Crippen LogP contribution >= 0.6 is 15.9 Å². The fourth-order valence-corrected chi connectivity index (χ4v) is 1.17. The molecule has 80 valence electrons. The third-order valence-corrected chi connectivity index (χ3v) is 2.06. The van der Waals surface area contributed by atoms with Gasteiger partial charge in [-0.05, 0) is 15.9 Å². The minimum absolute atomic E-state index is 0.254. The van der Waals surface area contributed by atoms with Crippen LogP contribution < -0.4 is 4.74 Å². The molecule has 0 aliphatic carbocycles. The molecular weight excluding hydrogens is 284 g/mol. The van der Waals surface area contributed by atoms with Crippen molar-refractivity contribution >= 4 is 15.9 Å². The summed E-state index contributed by atoms with van der Waals surface area (Å²) >= 11 is 2.62. The summed E-state index contributed by atoms with van der Waals surface area (Å²) in [5, 5.41) is 8.45. The molecule has 3 nitrogen and oxygen atoms in total. The number of hydrogen-bond donors (Lipinski definition) is 0. The number of nitrogens with zero attached hydrogens (tertiary/aromatic N) is 2. The van der Waals surface area contributed by atoms with Gasteiger partial charge in [-0.1, -0.05) is 0 Å². The van der Waals surface area contributed by atoms with Crippen molar-refractivity contribution in [2.45, 2.75) is 6.36 Å². The Bertz CT molecular complexity index is 426. The summed E-state index contributed by atoms with van der Waals surface area (Å²) < 4.78 is 51.2. The van der Waals surface area contributed by atoms with Crippen LogP contribution in [0.5, 0.6) is 5.75 Å². The predicted octanol–water partition coefficient (Wildman–Crippen LogP) is 2.75. The van der Waals surface area contributed by atoms with Crippen molar-refractivity contribution in [2.24, 2.45) is 0 Å². The minimum atomic E-state index is -5.04. The number of rotatable bonds is 1. The lowest BCUT2D eigenvalue weighted by Gasteiger charge is -2.10. The fraction of sp³-hybridized carbons (Fsp3) is 0.143. The van der Waals surface area contributed by atoms with Gasteiger partial charge in [0.2, 0.25) is 0 Å². The van der Waals surface area contributed by atoms with E-state index in [1.807, 2.05) is 0 Å². The van der Waals surface area contributed by atoms with Crippen LogP contribution in [0, 0.1) is 17.3 Å². The van der Waals surface area contributed by atoms with Gasteiger partial charge in [-0.2, -0.15) is 9.65 Å². The van der Waals surface area contributed by atoms with Gasteiger partial charge in [-0.25, -0.2) is 4.98 Å². The van der Waals surface area contributed by atoms with Crippen molar-refractivity contribution in [3.63, 3.8) is 0 Å². The first-order valence-electron chi connectivity index (χ1n) is 3.35. The molecule has 0 saturated heterocycles. The molecule has 0 aromatic carbocycles. The number of alkyl halides is 3. The van der Waals surface area contributed by atoms with Gasteiger partial charge >= 0.3 is 6.36 Å². The van der Waals surface area contributed by atoms with E-state index in [0.717, 1.165) is 6.20 Å². The number of pyridine rings is 1. The van der Waals surface area contributed by atoms with E-state index < -0.39 is 22.5 Å². The number of ether oxygens (including phenoxy) is 1. The van der Waals surface area contributed by atoms with Gasteiger partial charge in [0.1, 0.15) is 6.07 Å². The Labute approximate surface area is 89.4 Å². The minimum Gasteiger partial charge on any atom is -0.400 e. The molecule has 1 heterocycles. The summed E-state index contributed by atoms with van der Waals surface area (Å²) in [7, 11) is 0. The lowest BCUT2D eigenvalue weighted by atomic mass is 10.3. The Morgan fingerprint density at radius 1 is 1.47 bits per heavy atom. The van der Waals surface area contributed by atoms with Gasteiger partial charge in [-0.3, -0.25) is 0 Å². The molecule has 15 heavy (non-hydrogen) atoms. The molecule has 1 aromatic rings. The van der Waals surface area contributed by atoms with E-state index in [0.29, 0.717) is 0 Å². The maximum atomic E-state index is 12.8. The quantitative estimate of drug-likeness (QED) is 0.588. The van der Waals surface area contributed by atoms with Gasteiger partial charge in [0.15, 0.2) is 5.75 Å². The van der Waals surface area contributed by atoms with Crippen LogP contribution in [0.4, 0.5) is 17.6 Å². The Morgan fingerprint density at radius 3 is 2.53 bits per heavy atom. The van der Waals surface area contributed by atoms with Crippen molar-refractivity contribution < 1.29 is 22.3 Å². The van der Waals surface area contributed by atoms with Crippen LogP contribution in [-0.2, 0) is 0 Å². The molecule has 0 saturated carbocycles. The van der Waals surface area contributed by atoms with Crippen LogP contribution in [0.2, 0.25) is 0 Å². The maximum absolute atomic E-state index is 12.8. The van der Waals surface area contributed by atoms with Crippen LogP contribution in [0.3, 0.4) is 0 Å². The first kappa shape index (κ1) is 11.7. The van der Waals surface area contributed by atoms with E-state index in [1.54, 1.807) is 0 Å². The monoisotopic (exact) mass is 284 g/mol. The van der Waals surface area contributed by atoms with Gasteiger partial charge in [0.05, 0.1) is 10.0 Å². The second-order valence-corrected chi connectivity index (χ2v) is 3.06. The second kappa shape index (κ2) is 4.02. The first-order chi connectivity index (χ1) is 6.85. The molecule has 0 amide bonds. The van der Waals surface area contributed by atoms with Gasteiger partial charge in [-0.15, -0.1) is 13.2 Å². The number of aromatic nitrogens is 1. The van der Waals surface area contributed by atoms with Crippen molar-refractivity contribution in [3.05, 3.63) is 22.2 Å². The Hall–Kier alpha value is -1.36. The lowest BCUT2D eigenvalue weighted by molar-refractivity contribution is -0.276. The summed E-state index contributed by atoms with van der Waals surface area (Å²) in [5.41, 5.74) is -0.254. The molecule has 0 bridgehead atoms. The topological polar surface area (TPSA) is 45.9 Å². The highest BCUT2D eigenvalue weighted by molar-refractivity contribution is 9.10. The molecule has 0 radical (unpaired) electrons. The zero-order chi connectivity index (χ0) is 11.6. The summed E-state index contributed by atoms with van der Waals surface area (Å²) in [5.74, 6) is -2.60. The SMILES string of the molecule is N#Cc1cnc(F)c(OC(F)(F)F)c1Br. The third kappa shape index (κ3) is 2.79. The van der Waals surface area contributed by atoms with Crippen molar-refractivity contribution in [1.29, 1.82) is 5.26 Å². The van der Waals surface area contributed by atoms with E-state index in [4.69, 9.17) is 5.26 Å². The van der Waals surface area contributed by atoms with E-state index in [9.17, 15) is 17.6 Å². The summed E-state index contributed by atoms with van der Waals surface area (Å²) in [6.45, 7) is 0.